The number of carboxylic acid groups (broad SMARTS) is 1. The van der Waals surface area contributed by atoms with Gasteiger partial charge in [-0.2, -0.15) is 0 Å². The Kier molecular flexibility index (Phi) is 6.41. The van der Waals surface area contributed by atoms with Crippen LogP contribution in [0.5, 0.6) is 5.75 Å². The van der Waals surface area contributed by atoms with Gasteiger partial charge in [0, 0.05) is 19.8 Å². The minimum atomic E-state index is -1.18. The molecule has 0 saturated heterocycles. The predicted octanol–water partition coefficient (Wildman–Crippen LogP) is 1.35. The van der Waals surface area contributed by atoms with E-state index in [0.29, 0.717) is 13.0 Å². The molecule has 1 aromatic carbocycles. The van der Waals surface area contributed by atoms with Crippen LogP contribution >= 0.6 is 11.6 Å². The first kappa shape index (κ1) is 17.2. The van der Waals surface area contributed by atoms with Crippen LogP contribution in [-0.2, 0) is 9.53 Å². The molecule has 0 aromatic heterocycles. The molecule has 21 heavy (non-hydrogen) atoms. The van der Waals surface area contributed by atoms with Gasteiger partial charge in [-0.25, -0.2) is 4.79 Å². The van der Waals surface area contributed by atoms with Gasteiger partial charge in [-0.1, -0.05) is 11.6 Å². The van der Waals surface area contributed by atoms with E-state index in [0.717, 1.165) is 0 Å². The zero-order valence-electron chi connectivity index (χ0n) is 11.7. The summed E-state index contributed by atoms with van der Waals surface area (Å²) < 4.78 is 9.81. The van der Waals surface area contributed by atoms with Crippen molar-refractivity contribution in [2.45, 2.75) is 12.5 Å². The Morgan fingerprint density at radius 2 is 2.10 bits per heavy atom. The molecule has 4 N–H and O–H groups in total. The second kappa shape index (κ2) is 7.82. The number of carboxylic acids is 1. The van der Waals surface area contributed by atoms with Gasteiger partial charge in [-0.3, -0.25) is 4.79 Å². The number of anilines is 1. The first-order valence-corrected chi connectivity index (χ1v) is 6.44. The number of hydrogen-bond acceptors (Lipinski definition) is 5. The average molecular weight is 317 g/mol. The van der Waals surface area contributed by atoms with Gasteiger partial charge in [-0.05, 0) is 12.5 Å². The smallest absolute Gasteiger partial charge is 0.339 e. The van der Waals surface area contributed by atoms with E-state index in [9.17, 15) is 9.59 Å². The van der Waals surface area contributed by atoms with Gasteiger partial charge < -0.3 is 25.6 Å². The van der Waals surface area contributed by atoms with Gasteiger partial charge in [0.15, 0.2) is 0 Å². The molecular formula is C13H17ClN2O5. The molecule has 1 amide bonds. The average Bonchev–Trinajstić information content (AvgIpc) is 2.45. The number of benzene rings is 1. The molecule has 0 aliphatic heterocycles. The molecule has 8 heteroatoms. The Morgan fingerprint density at radius 3 is 2.62 bits per heavy atom. The van der Waals surface area contributed by atoms with Crippen molar-refractivity contribution in [2.24, 2.45) is 5.73 Å². The fourth-order valence-electron chi connectivity index (χ4n) is 1.59. The van der Waals surface area contributed by atoms with Crippen molar-refractivity contribution in [1.29, 1.82) is 0 Å². The van der Waals surface area contributed by atoms with Crippen molar-refractivity contribution in [2.75, 3.05) is 26.1 Å². The number of amides is 1. The molecule has 0 radical (unpaired) electrons. The zero-order valence-corrected chi connectivity index (χ0v) is 12.4. The number of methoxy groups -OCH3 is 2. The van der Waals surface area contributed by atoms with E-state index in [1.54, 1.807) is 0 Å². The second-order valence-corrected chi connectivity index (χ2v) is 4.62. The highest BCUT2D eigenvalue weighted by atomic mass is 35.5. The van der Waals surface area contributed by atoms with Gasteiger partial charge in [0.05, 0.1) is 23.9 Å². The first-order chi connectivity index (χ1) is 9.90. The molecule has 1 unspecified atom stereocenters. The van der Waals surface area contributed by atoms with Crippen molar-refractivity contribution in [3.63, 3.8) is 0 Å². The van der Waals surface area contributed by atoms with Crippen LogP contribution in [0.25, 0.3) is 0 Å². The topological polar surface area (TPSA) is 111 Å². The highest BCUT2D eigenvalue weighted by Gasteiger charge is 2.18. The molecule has 1 aromatic rings. The Morgan fingerprint density at radius 1 is 1.43 bits per heavy atom. The summed E-state index contributed by atoms with van der Waals surface area (Å²) in [5.41, 5.74) is 5.83. The maximum atomic E-state index is 11.9. The molecule has 0 spiro atoms. The SMILES string of the molecule is COCCC(N)C(=O)Nc1cc(OC)c(C(=O)O)cc1Cl. The third kappa shape index (κ3) is 4.59. The molecule has 0 bridgehead atoms. The minimum absolute atomic E-state index is 0.0838. The van der Waals surface area contributed by atoms with Gasteiger partial charge in [-0.15, -0.1) is 0 Å². The van der Waals surface area contributed by atoms with Crippen molar-refractivity contribution in [3.8, 4) is 5.75 Å². The number of ether oxygens (including phenoxy) is 2. The third-order valence-corrected chi connectivity index (χ3v) is 3.06. The van der Waals surface area contributed by atoms with E-state index in [2.05, 4.69) is 5.32 Å². The lowest BCUT2D eigenvalue weighted by Gasteiger charge is -2.14. The zero-order chi connectivity index (χ0) is 16.0. The summed E-state index contributed by atoms with van der Waals surface area (Å²) in [6, 6.07) is 1.79. The Balaban J connectivity index is 2.93. The normalized spacial score (nSPS) is 11.8. The summed E-state index contributed by atoms with van der Waals surface area (Å²) >= 11 is 5.96. The van der Waals surface area contributed by atoms with Gasteiger partial charge in [0.2, 0.25) is 5.91 Å². The Hall–Kier alpha value is -1.83. The quantitative estimate of drug-likeness (QED) is 0.700. The van der Waals surface area contributed by atoms with Crippen LogP contribution in [0.15, 0.2) is 12.1 Å². The van der Waals surface area contributed by atoms with Crippen molar-refractivity contribution >= 4 is 29.2 Å². The maximum absolute atomic E-state index is 11.9. The van der Waals surface area contributed by atoms with E-state index in [1.165, 1.54) is 26.4 Å². The number of rotatable bonds is 7. The number of nitrogens with one attached hydrogen (secondary N) is 1. The van der Waals surface area contributed by atoms with Crippen molar-refractivity contribution < 1.29 is 24.2 Å². The van der Waals surface area contributed by atoms with Crippen LogP contribution in [-0.4, -0.2) is 43.9 Å². The van der Waals surface area contributed by atoms with Crippen molar-refractivity contribution in [1.82, 2.24) is 0 Å². The lowest BCUT2D eigenvalue weighted by molar-refractivity contribution is -0.117. The third-order valence-electron chi connectivity index (χ3n) is 2.75. The predicted molar refractivity (Wildman–Crippen MR) is 78.1 cm³/mol. The summed E-state index contributed by atoms with van der Waals surface area (Å²) in [4.78, 5) is 22.9. The summed E-state index contributed by atoms with van der Waals surface area (Å²) in [6.07, 6.45) is 0.351. The lowest BCUT2D eigenvalue weighted by atomic mass is 10.1. The van der Waals surface area contributed by atoms with Crippen LogP contribution in [0.4, 0.5) is 5.69 Å². The molecule has 0 heterocycles. The number of carbonyl (C=O) groups excluding carboxylic acids is 1. The maximum Gasteiger partial charge on any atom is 0.339 e. The van der Waals surface area contributed by atoms with Gasteiger partial charge in [0.1, 0.15) is 11.3 Å². The fourth-order valence-corrected chi connectivity index (χ4v) is 1.80. The molecule has 1 atom stereocenters. The van der Waals surface area contributed by atoms with Crippen LogP contribution in [0, 0.1) is 0 Å². The summed E-state index contributed by atoms with van der Waals surface area (Å²) in [5, 5.41) is 11.6. The monoisotopic (exact) mass is 316 g/mol. The highest BCUT2D eigenvalue weighted by molar-refractivity contribution is 6.34. The molecule has 7 nitrogen and oxygen atoms in total. The Labute approximate surface area is 127 Å². The number of hydrogen-bond donors (Lipinski definition) is 3. The van der Waals surface area contributed by atoms with E-state index in [1.807, 2.05) is 0 Å². The second-order valence-electron chi connectivity index (χ2n) is 4.21. The van der Waals surface area contributed by atoms with E-state index >= 15 is 0 Å². The number of aromatic carboxylic acids is 1. The van der Waals surface area contributed by atoms with Gasteiger partial charge >= 0.3 is 5.97 Å². The first-order valence-electron chi connectivity index (χ1n) is 6.07. The van der Waals surface area contributed by atoms with Crippen LogP contribution in [0.1, 0.15) is 16.8 Å². The summed E-state index contributed by atoms with van der Waals surface area (Å²) in [5.74, 6) is -1.53. The molecule has 0 fully saturated rings. The van der Waals surface area contributed by atoms with Gasteiger partial charge in [0.25, 0.3) is 0 Å². The molecule has 0 aliphatic rings. The lowest BCUT2D eigenvalue weighted by Crippen LogP contribution is -2.36. The minimum Gasteiger partial charge on any atom is -0.496 e. The molecule has 1 rings (SSSR count). The van der Waals surface area contributed by atoms with E-state index in [-0.39, 0.29) is 22.0 Å². The standard InChI is InChI=1S/C13H17ClN2O5/c1-20-4-3-9(15)12(17)16-10-6-11(21-2)7(13(18)19)5-8(10)14/h5-6,9H,3-4,15H2,1-2H3,(H,16,17)(H,18,19). The highest BCUT2D eigenvalue weighted by Crippen LogP contribution is 2.31. The molecule has 0 saturated carbocycles. The van der Waals surface area contributed by atoms with Crippen LogP contribution in [0.2, 0.25) is 5.02 Å². The van der Waals surface area contributed by atoms with Crippen molar-refractivity contribution in [3.05, 3.63) is 22.7 Å². The number of halogens is 1. The summed E-state index contributed by atoms with van der Waals surface area (Å²) in [7, 11) is 2.84. The van der Waals surface area contributed by atoms with Crippen LogP contribution < -0.4 is 15.8 Å². The van der Waals surface area contributed by atoms with E-state index in [4.69, 9.17) is 31.9 Å². The summed E-state index contributed by atoms with van der Waals surface area (Å²) in [6.45, 7) is 0.351. The number of carbonyl (C=O) groups is 2. The van der Waals surface area contributed by atoms with Crippen LogP contribution in [0.3, 0.4) is 0 Å². The molecular weight excluding hydrogens is 300 g/mol. The molecule has 0 aliphatic carbocycles. The fraction of sp³-hybridized carbons (Fsp3) is 0.385. The Bertz CT molecular complexity index is 536. The largest absolute Gasteiger partial charge is 0.496 e. The van der Waals surface area contributed by atoms with E-state index < -0.39 is 17.9 Å². The molecule has 116 valence electrons. The number of nitrogens with two attached hydrogens (primary N) is 1.